The lowest BCUT2D eigenvalue weighted by molar-refractivity contribution is -0.0149. The van der Waals surface area contributed by atoms with Crippen molar-refractivity contribution in [2.45, 2.75) is 61.4 Å². The third-order valence-electron chi connectivity index (χ3n) is 3.27. The van der Waals surface area contributed by atoms with Gasteiger partial charge in [0, 0.05) is 4.83 Å². The van der Waals surface area contributed by atoms with Gasteiger partial charge in [0.1, 0.15) is 0 Å². The van der Waals surface area contributed by atoms with E-state index in [2.05, 4.69) is 40.9 Å². The molecule has 0 bridgehead atoms. The van der Waals surface area contributed by atoms with Crippen molar-refractivity contribution in [2.24, 2.45) is 0 Å². The summed E-state index contributed by atoms with van der Waals surface area (Å²) in [7, 11) is 0. The maximum Gasteiger partial charge on any atom is 0.0780 e. The third kappa shape index (κ3) is 6.17. The number of ether oxygens (including phenoxy) is 1. The minimum Gasteiger partial charge on any atom is -0.372 e. The molecule has 0 aromatic heterocycles. The Morgan fingerprint density at radius 3 is 3.05 bits per heavy atom. The molecule has 0 N–H and O–H groups in total. The largest absolute Gasteiger partial charge is 0.372 e. The molecule has 0 aromatic rings. The van der Waals surface area contributed by atoms with Gasteiger partial charge in [-0.2, -0.15) is 0 Å². The van der Waals surface area contributed by atoms with Crippen molar-refractivity contribution in [3.05, 3.63) is 24.3 Å². The molecule has 106 valence electrons. The van der Waals surface area contributed by atoms with Gasteiger partial charge >= 0.3 is 0 Å². The minimum absolute atomic E-state index is 0.00386. The summed E-state index contributed by atoms with van der Waals surface area (Å²) < 4.78 is 6.24. The quantitative estimate of drug-likeness (QED) is 0.402. The molecule has 0 saturated carbocycles. The van der Waals surface area contributed by atoms with Gasteiger partial charge in [-0.3, -0.25) is 0 Å². The van der Waals surface area contributed by atoms with Crippen LogP contribution in [0.25, 0.3) is 0 Å². The van der Waals surface area contributed by atoms with Gasteiger partial charge in [-0.1, -0.05) is 47.0 Å². The standard InChI is InChI=1S/C16H22BrClO/c1-3-5-7-12-16-14(18)10-8-6-9-11-15(19-16)13(17)4-2/h1,5-8,13-16H,4,9-12H2,2H3/b7-5+,8-6-/t13-,14-,15-,16-/m0/s1. The number of alkyl halides is 2. The molecular weight excluding hydrogens is 324 g/mol. The molecule has 1 nitrogen and oxygen atoms in total. The van der Waals surface area contributed by atoms with Crippen LogP contribution in [0, 0.1) is 12.3 Å². The van der Waals surface area contributed by atoms with E-state index < -0.39 is 0 Å². The van der Waals surface area contributed by atoms with Crippen LogP contribution in [0.3, 0.4) is 0 Å². The van der Waals surface area contributed by atoms with Crippen LogP contribution in [0.4, 0.5) is 0 Å². The monoisotopic (exact) mass is 344 g/mol. The first-order valence-corrected chi connectivity index (χ1v) is 8.24. The molecule has 1 aliphatic heterocycles. The van der Waals surface area contributed by atoms with Gasteiger partial charge in [0.2, 0.25) is 0 Å². The Balaban J connectivity index is 2.73. The first-order valence-electron chi connectivity index (χ1n) is 6.88. The summed E-state index contributed by atoms with van der Waals surface area (Å²) in [5.74, 6) is 2.51. The fourth-order valence-electron chi connectivity index (χ4n) is 2.14. The van der Waals surface area contributed by atoms with Crippen molar-refractivity contribution in [2.75, 3.05) is 0 Å². The van der Waals surface area contributed by atoms with Gasteiger partial charge in [0.25, 0.3) is 0 Å². The lowest BCUT2D eigenvalue weighted by atomic mass is 10.1. The van der Waals surface area contributed by atoms with Gasteiger partial charge < -0.3 is 4.74 Å². The van der Waals surface area contributed by atoms with Gasteiger partial charge in [0.15, 0.2) is 0 Å². The SMILES string of the molecule is C#C/C=C/C[C@@H]1O[C@H]([C@@H](Br)CC)CC/C=C\C[C@@H]1Cl. The average molecular weight is 346 g/mol. The normalized spacial score (nSPS) is 32.0. The Labute approximate surface area is 130 Å². The van der Waals surface area contributed by atoms with Gasteiger partial charge in [0.05, 0.1) is 17.6 Å². The molecule has 0 unspecified atom stereocenters. The molecule has 0 aliphatic carbocycles. The Kier molecular flexibility index (Phi) is 8.53. The van der Waals surface area contributed by atoms with Crippen LogP contribution in [0.15, 0.2) is 24.3 Å². The van der Waals surface area contributed by atoms with E-state index in [1.54, 1.807) is 6.08 Å². The summed E-state index contributed by atoms with van der Waals surface area (Å²) in [5.41, 5.74) is 0. The van der Waals surface area contributed by atoms with Crippen LogP contribution in [0.1, 0.15) is 39.0 Å². The number of allylic oxidation sites excluding steroid dienone is 3. The number of rotatable bonds is 4. The number of terminal acetylenes is 1. The first-order chi connectivity index (χ1) is 9.19. The number of hydrogen-bond acceptors (Lipinski definition) is 1. The number of hydrogen-bond donors (Lipinski definition) is 0. The first kappa shape index (κ1) is 16.8. The lowest BCUT2D eigenvalue weighted by Gasteiger charge is -2.29. The van der Waals surface area contributed by atoms with Crippen LogP contribution in [-0.2, 0) is 4.74 Å². The molecule has 0 spiro atoms. The topological polar surface area (TPSA) is 9.23 Å². The highest BCUT2D eigenvalue weighted by atomic mass is 79.9. The number of halogens is 2. The summed E-state index contributed by atoms with van der Waals surface area (Å²) in [5, 5.41) is -0.00386. The lowest BCUT2D eigenvalue weighted by Crippen LogP contribution is -2.33. The molecule has 0 aromatic carbocycles. The highest BCUT2D eigenvalue weighted by molar-refractivity contribution is 9.09. The molecule has 4 atom stereocenters. The van der Waals surface area contributed by atoms with E-state index in [1.807, 2.05) is 6.08 Å². The van der Waals surface area contributed by atoms with Crippen LogP contribution in [-0.4, -0.2) is 22.4 Å². The fraction of sp³-hybridized carbons (Fsp3) is 0.625. The van der Waals surface area contributed by atoms with Crippen LogP contribution >= 0.6 is 27.5 Å². The van der Waals surface area contributed by atoms with Gasteiger partial charge in [-0.15, -0.1) is 18.0 Å². The van der Waals surface area contributed by atoms with Crippen molar-refractivity contribution in [3.63, 3.8) is 0 Å². The molecule has 1 aliphatic rings. The summed E-state index contributed by atoms with van der Waals surface area (Å²) in [6.45, 7) is 2.16. The molecule has 0 amide bonds. The molecular formula is C16H22BrClO. The van der Waals surface area contributed by atoms with Crippen molar-refractivity contribution < 1.29 is 4.74 Å². The van der Waals surface area contributed by atoms with E-state index in [0.717, 1.165) is 32.1 Å². The van der Waals surface area contributed by atoms with Crippen LogP contribution < -0.4 is 0 Å². The second kappa shape index (κ2) is 9.64. The van der Waals surface area contributed by atoms with Crippen molar-refractivity contribution in [3.8, 4) is 12.3 Å². The zero-order valence-electron chi connectivity index (χ0n) is 11.4. The Bertz CT molecular complexity index is 345. The fourth-order valence-corrected chi connectivity index (χ4v) is 2.79. The van der Waals surface area contributed by atoms with E-state index >= 15 is 0 Å². The van der Waals surface area contributed by atoms with E-state index in [1.165, 1.54) is 0 Å². The predicted octanol–water partition coefficient (Wildman–Crippen LogP) is 4.84. The summed E-state index contributed by atoms with van der Waals surface area (Å²) in [4.78, 5) is 0.377. The molecule has 19 heavy (non-hydrogen) atoms. The van der Waals surface area contributed by atoms with Gasteiger partial charge in [-0.05, 0) is 38.2 Å². The Morgan fingerprint density at radius 1 is 1.58 bits per heavy atom. The predicted molar refractivity (Wildman–Crippen MR) is 86.9 cm³/mol. The van der Waals surface area contributed by atoms with Crippen molar-refractivity contribution >= 4 is 27.5 Å². The smallest absolute Gasteiger partial charge is 0.0780 e. The minimum atomic E-state index is -0.00386. The third-order valence-corrected chi connectivity index (χ3v) is 4.97. The summed E-state index contributed by atoms with van der Waals surface area (Å²) in [6.07, 6.45) is 18.3. The van der Waals surface area contributed by atoms with Crippen molar-refractivity contribution in [1.29, 1.82) is 0 Å². The molecule has 3 heteroatoms. The van der Waals surface area contributed by atoms with Crippen molar-refractivity contribution in [1.82, 2.24) is 0 Å². The average Bonchev–Trinajstić information content (AvgIpc) is 2.50. The molecule has 0 radical (unpaired) electrons. The van der Waals surface area contributed by atoms with Crippen LogP contribution in [0.5, 0.6) is 0 Å². The Morgan fingerprint density at radius 2 is 2.37 bits per heavy atom. The van der Waals surface area contributed by atoms with Crippen LogP contribution in [0.2, 0.25) is 0 Å². The summed E-state index contributed by atoms with van der Waals surface area (Å²) in [6, 6.07) is 0. The maximum atomic E-state index is 6.45. The second-order valence-electron chi connectivity index (χ2n) is 4.74. The Hall–Kier alpha value is -0.230. The molecule has 1 heterocycles. The maximum absolute atomic E-state index is 6.45. The molecule has 1 rings (SSSR count). The highest BCUT2D eigenvalue weighted by Gasteiger charge is 2.26. The van der Waals surface area contributed by atoms with E-state index in [4.69, 9.17) is 22.8 Å². The van der Waals surface area contributed by atoms with E-state index in [9.17, 15) is 0 Å². The highest BCUT2D eigenvalue weighted by Crippen LogP contribution is 2.26. The summed E-state index contributed by atoms with van der Waals surface area (Å²) >= 11 is 10.2. The van der Waals surface area contributed by atoms with E-state index in [-0.39, 0.29) is 17.6 Å². The zero-order chi connectivity index (χ0) is 14.1. The van der Waals surface area contributed by atoms with Gasteiger partial charge in [-0.25, -0.2) is 0 Å². The van der Waals surface area contributed by atoms with E-state index in [0.29, 0.717) is 4.83 Å². The zero-order valence-corrected chi connectivity index (χ0v) is 13.7. The molecule has 0 saturated heterocycles. The molecule has 0 fully saturated rings. The second-order valence-corrected chi connectivity index (χ2v) is 6.48.